The Labute approximate surface area is 266 Å². The Kier molecular flexibility index (Phi) is 11.5. The van der Waals surface area contributed by atoms with Crippen LogP contribution in [-0.2, 0) is 44.5 Å². The number of rotatable bonds is 12. The van der Waals surface area contributed by atoms with Crippen LogP contribution in [0.15, 0.2) is 91.0 Å². The molecule has 0 saturated heterocycles. The van der Waals surface area contributed by atoms with Gasteiger partial charge in [-0.2, -0.15) is 39.5 Å². The summed E-state index contributed by atoms with van der Waals surface area (Å²) in [7, 11) is 0.739. The highest BCUT2D eigenvalue weighted by Crippen LogP contribution is 2.46. The van der Waals surface area contributed by atoms with Gasteiger partial charge in [-0.15, -0.1) is 0 Å². The molecule has 0 radical (unpaired) electrons. The number of alkyl halides is 9. The SMILES string of the molecule is CO[C@@](C(=O)O[C@H](COC(=O)c1ccccc1)[C@H](OC(=O)[C@](OC)(c1ccccc1)C(F)(F)F)C(F)(F)F)(c1ccccc1)C(F)(F)F. The van der Waals surface area contributed by atoms with E-state index in [9.17, 15) is 53.9 Å². The number of benzene rings is 3. The normalized spacial score (nSPS) is 16.1. The maximum atomic E-state index is 14.6. The van der Waals surface area contributed by atoms with Gasteiger partial charge >= 0.3 is 36.4 Å². The highest BCUT2D eigenvalue weighted by molar-refractivity contribution is 5.89. The van der Waals surface area contributed by atoms with E-state index in [4.69, 9.17) is 4.74 Å². The van der Waals surface area contributed by atoms with E-state index in [1.54, 1.807) is 0 Å². The van der Waals surface area contributed by atoms with E-state index >= 15 is 0 Å². The third-order valence-corrected chi connectivity index (χ3v) is 6.89. The average Bonchev–Trinajstić information content (AvgIpc) is 3.02. The van der Waals surface area contributed by atoms with E-state index in [1.165, 1.54) is 30.3 Å². The number of hydrogen-bond acceptors (Lipinski definition) is 8. The maximum absolute atomic E-state index is 14.6. The lowest BCUT2D eigenvalue weighted by Gasteiger charge is -2.37. The van der Waals surface area contributed by atoms with Gasteiger partial charge in [0.2, 0.25) is 6.10 Å². The quantitative estimate of drug-likeness (QED) is 0.121. The van der Waals surface area contributed by atoms with Crippen LogP contribution in [0, 0.1) is 0 Å². The monoisotopic (exact) mass is 696 g/mol. The van der Waals surface area contributed by atoms with Gasteiger partial charge in [-0.05, 0) is 12.1 Å². The minimum Gasteiger partial charge on any atom is -0.458 e. The minimum absolute atomic E-state index is 0.284. The van der Waals surface area contributed by atoms with Gasteiger partial charge < -0.3 is 23.7 Å². The van der Waals surface area contributed by atoms with Crippen LogP contribution in [0.3, 0.4) is 0 Å². The lowest BCUT2D eigenvalue weighted by Crippen LogP contribution is -2.58. The zero-order valence-electron chi connectivity index (χ0n) is 24.7. The van der Waals surface area contributed by atoms with Crippen LogP contribution >= 0.6 is 0 Å². The first kappa shape index (κ1) is 37.8. The molecule has 48 heavy (non-hydrogen) atoms. The Morgan fingerprint density at radius 2 is 0.958 bits per heavy atom. The lowest BCUT2D eigenvalue weighted by molar-refractivity contribution is -0.301. The Bertz CT molecular complexity index is 1530. The second kappa shape index (κ2) is 14.6. The van der Waals surface area contributed by atoms with Gasteiger partial charge in [-0.3, -0.25) is 0 Å². The van der Waals surface area contributed by atoms with E-state index in [1.807, 2.05) is 0 Å². The molecule has 0 aliphatic carbocycles. The highest BCUT2D eigenvalue weighted by atomic mass is 19.4. The second-order valence-corrected chi connectivity index (χ2v) is 9.77. The van der Waals surface area contributed by atoms with Crippen LogP contribution in [0.25, 0.3) is 0 Å². The number of halogens is 9. The van der Waals surface area contributed by atoms with Crippen molar-refractivity contribution in [3.63, 3.8) is 0 Å². The summed E-state index contributed by atoms with van der Waals surface area (Å²) in [4.78, 5) is 39.0. The summed E-state index contributed by atoms with van der Waals surface area (Å²) >= 11 is 0. The third kappa shape index (κ3) is 7.57. The van der Waals surface area contributed by atoms with Crippen LogP contribution < -0.4 is 0 Å². The van der Waals surface area contributed by atoms with Gasteiger partial charge in [0.15, 0.2) is 6.10 Å². The molecule has 0 fully saturated rings. The van der Waals surface area contributed by atoms with Crippen molar-refractivity contribution in [3.8, 4) is 0 Å². The molecule has 0 amide bonds. The molecule has 0 aliphatic rings. The summed E-state index contributed by atoms with van der Waals surface area (Å²) in [5.41, 5.74) is -10.6. The number of carbonyl (C=O) groups is 3. The third-order valence-electron chi connectivity index (χ3n) is 6.89. The van der Waals surface area contributed by atoms with Crippen LogP contribution in [0.5, 0.6) is 0 Å². The molecule has 4 atom stereocenters. The minimum atomic E-state index is -5.96. The van der Waals surface area contributed by atoms with Crippen molar-refractivity contribution in [2.45, 2.75) is 41.9 Å². The molecule has 0 heterocycles. The summed E-state index contributed by atoms with van der Waals surface area (Å²) in [5, 5.41) is 0. The predicted molar refractivity (Wildman–Crippen MR) is 145 cm³/mol. The summed E-state index contributed by atoms with van der Waals surface area (Å²) in [6.07, 6.45) is -24.6. The average molecular weight is 697 g/mol. The second-order valence-electron chi connectivity index (χ2n) is 9.77. The number of carbonyl (C=O) groups excluding carboxylic acids is 3. The van der Waals surface area contributed by atoms with E-state index in [0.29, 0.717) is 26.4 Å². The molecule has 3 aromatic rings. The lowest BCUT2D eigenvalue weighted by atomic mass is 9.92. The molecule has 0 unspecified atom stereocenters. The van der Waals surface area contributed by atoms with Gasteiger partial charge in [-0.1, -0.05) is 78.9 Å². The predicted octanol–water partition coefficient (Wildman–Crippen LogP) is 6.44. The molecule has 0 aromatic heterocycles. The van der Waals surface area contributed by atoms with Gasteiger partial charge in [0, 0.05) is 25.3 Å². The van der Waals surface area contributed by atoms with E-state index in [-0.39, 0.29) is 5.56 Å². The summed E-state index contributed by atoms with van der Waals surface area (Å²) in [6.45, 7) is -1.76. The largest absolute Gasteiger partial charge is 0.458 e. The Balaban J connectivity index is 2.15. The maximum Gasteiger partial charge on any atom is 0.432 e. The van der Waals surface area contributed by atoms with Crippen molar-refractivity contribution >= 4 is 17.9 Å². The van der Waals surface area contributed by atoms with Gasteiger partial charge in [0.1, 0.15) is 6.61 Å². The highest BCUT2D eigenvalue weighted by Gasteiger charge is 2.67. The van der Waals surface area contributed by atoms with Crippen molar-refractivity contribution < 1.29 is 77.6 Å². The Hall–Kier alpha value is -4.64. The van der Waals surface area contributed by atoms with Crippen LogP contribution in [0.4, 0.5) is 39.5 Å². The van der Waals surface area contributed by atoms with Crippen molar-refractivity contribution in [2.75, 3.05) is 20.8 Å². The molecule has 260 valence electrons. The summed E-state index contributed by atoms with van der Waals surface area (Å²) in [6, 6.07) is 15.7. The fourth-order valence-electron chi connectivity index (χ4n) is 4.54. The van der Waals surface area contributed by atoms with Crippen molar-refractivity contribution in [1.82, 2.24) is 0 Å². The van der Waals surface area contributed by atoms with Crippen molar-refractivity contribution in [3.05, 3.63) is 108 Å². The molecule has 0 N–H and O–H groups in total. The Morgan fingerprint density at radius 3 is 1.31 bits per heavy atom. The molecular weight excluding hydrogens is 671 g/mol. The molecule has 3 rings (SSSR count). The molecule has 0 spiro atoms. The topological polar surface area (TPSA) is 97.4 Å². The summed E-state index contributed by atoms with van der Waals surface area (Å²) < 4.78 is 153. The first-order valence-corrected chi connectivity index (χ1v) is 13.4. The molecular formula is C31H25F9O8. The van der Waals surface area contributed by atoms with E-state index in [0.717, 1.165) is 48.5 Å². The van der Waals surface area contributed by atoms with Crippen molar-refractivity contribution in [1.29, 1.82) is 0 Å². The number of methoxy groups -OCH3 is 2. The fourth-order valence-corrected chi connectivity index (χ4v) is 4.54. The number of hydrogen-bond donors (Lipinski definition) is 0. The standard InChI is InChI=1S/C31H25F9O8/c1-44-27(30(35,36)37,20-14-8-4-9-15-20)25(42)47-22(18-46-24(41)19-12-6-3-7-13-19)23(29(32,33)34)48-26(43)28(45-2,31(38,39)40)21-16-10-5-11-17-21/h3-17,22-23H,18H2,1-2H3/t22-,23+,27-,28-/m1/s1. The summed E-state index contributed by atoms with van der Waals surface area (Å²) in [5.74, 6) is -6.68. The molecule has 0 bridgehead atoms. The van der Waals surface area contributed by atoms with Crippen molar-refractivity contribution in [2.24, 2.45) is 0 Å². The molecule has 0 aliphatic heterocycles. The molecule has 17 heteroatoms. The molecule has 3 aromatic carbocycles. The fraction of sp³-hybridized carbons (Fsp3) is 0.323. The van der Waals surface area contributed by atoms with E-state index < -0.39 is 77.6 Å². The molecule has 8 nitrogen and oxygen atoms in total. The van der Waals surface area contributed by atoms with Gasteiger partial charge in [0.05, 0.1) is 5.56 Å². The smallest absolute Gasteiger partial charge is 0.432 e. The van der Waals surface area contributed by atoms with Crippen LogP contribution in [-0.4, -0.2) is 69.5 Å². The van der Waals surface area contributed by atoms with Crippen LogP contribution in [0.1, 0.15) is 21.5 Å². The number of ether oxygens (including phenoxy) is 5. The zero-order chi connectivity index (χ0) is 36.0. The number of esters is 3. The first-order chi connectivity index (χ1) is 22.4. The van der Waals surface area contributed by atoms with Gasteiger partial charge in [0.25, 0.3) is 11.2 Å². The zero-order valence-corrected chi connectivity index (χ0v) is 24.7. The van der Waals surface area contributed by atoms with Crippen LogP contribution in [0.2, 0.25) is 0 Å². The molecule has 0 saturated carbocycles. The van der Waals surface area contributed by atoms with Gasteiger partial charge in [-0.25, -0.2) is 14.4 Å². The Morgan fingerprint density at radius 1 is 0.583 bits per heavy atom. The van der Waals surface area contributed by atoms with E-state index in [2.05, 4.69) is 18.9 Å². The first-order valence-electron chi connectivity index (χ1n) is 13.4.